The van der Waals surface area contributed by atoms with Gasteiger partial charge in [0, 0.05) is 26.1 Å². The summed E-state index contributed by atoms with van der Waals surface area (Å²) in [5.41, 5.74) is 0.716. The summed E-state index contributed by atoms with van der Waals surface area (Å²) in [6.07, 6.45) is 2.62. The van der Waals surface area contributed by atoms with Crippen LogP contribution in [0.5, 0.6) is 0 Å². The van der Waals surface area contributed by atoms with E-state index in [9.17, 15) is 12.8 Å². The minimum Gasteiger partial charge on any atom is -0.312 e. The molecule has 4 rings (SSSR count). The van der Waals surface area contributed by atoms with Gasteiger partial charge in [-0.1, -0.05) is 6.07 Å². The summed E-state index contributed by atoms with van der Waals surface area (Å²) < 4.78 is 43.6. The molecule has 0 bridgehead atoms. The van der Waals surface area contributed by atoms with Gasteiger partial charge in [0.1, 0.15) is 22.4 Å². The van der Waals surface area contributed by atoms with Gasteiger partial charge in [0.2, 0.25) is 10.0 Å². The second-order valence-corrected chi connectivity index (χ2v) is 9.26. The van der Waals surface area contributed by atoms with E-state index in [4.69, 9.17) is 0 Å². The fourth-order valence-electron chi connectivity index (χ4n) is 4.00. The number of hydrogen-bond donors (Lipinski definition) is 0. The van der Waals surface area contributed by atoms with E-state index in [1.807, 2.05) is 0 Å². The zero-order valence-electron chi connectivity index (χ0n) is 15.6. The average molecular weight is 393 g/mol. The van der Waals surface area contributed by atoms with Gasteiger partial charge in [0.25, 0.3) is 0 Å². The van der Waals surface area contributed by atoms with Crippen LogP contribution in [0.15, 0.2) is 23.1 Å². The fourth-order valence-corrected chi connectivity index (χ4v) is 5.58. The Hall–Kier alpha value is -1.84. The lowest BCUT2D eigenvalue weighted by Gasteiger charge is -2.22. The lowest BCUT2D eigenvalue weighted by Crippen LogP contribution is -2.34. The molecule has 0 saturated carbocycles. The van der Waals surface area contributed by atoms with E-state index in [0.29, 0.717) is 18.5 Å². The molecular weight excluding hydrogens is 369 g/mol. The maximum absolute atomic E-state index is 14.2. The van der Waals surface area contributed by atoms with Gasteiger partial charge in [-0.2, -0.15) is 4.31 Å². The lowest BCUT2D eigenvalue weighted by molar-refractivity contribution is 0.295. The Balaban J connectivity index is 1.60. The molecule has 0 aliphatic carbocycles. The van der Waals surface area contributed by atoms with Gasteiger partial charge in [0.05, 0.1) is 6.04 Å². The summed E-state index contributed by atoms with van der Waals surface area (Å²) in [5.74, 6) is 0.996. The number of halogens is 1. The van der Waals surface area contributed by atoms with Crippen LogP contribution < -0.4 is 0 Å². The van der Waals surface area contributed by atoms with Crippen LogP contribution in [0.25, 0.3) is 0 Å². The number of aryl methyl sites for hydroxylation is 1. The van der Waals surface area contributed by atoms with E-state index >= 15 is 0 Å². The highest BCUT2D eigenvalue weighted by Crippen LogP contribution is 2.30. The van der Waals surface area contributed by atoms with Crippen molar-refractivity contribution in [2.75, 3.05) is 26.7 Å². The predicted molar refractivity (Wildman–Crippen MR) is 98.2 cm³/mol. The Morgan fingerprint density at radius 1 is 1.15 bits per heavy atom. The zero-order valence-corrected chi connectivity index (χ0v) is 16.4. The molecule has 2 aliphatic rings. The molecule has 2 aromatic rings. The van der Waals surface area contributed by atoms with Gasteiger partial charge in [-0.3, -0.25) is 4.90 Å². The Kier molecular flexibility index (Phi) is 4.77. The van der Waals surface area contributed by atoms with Gasteiger partial charge in [0.15, 0.2) is 0 Å². The molecule has 7 nitrogen and oxygen atoms in total. The van der Waals surface area contributed by atoms with Crippen molar-refractivity contribution in [3.8, 4) is 0 Å². The number of likely N-dealkylation sites (tertiary alicyclic amines) is 1. The van der Waals surface area contributed by atoms with Crippen LogP contribution in [-0.2, 0) is 23.0 Å². The molecule has 9 heteroatoms. The Morgan fingerprint density at radius 2 is 1.96 bits per heavy atom. The molecule has 27 heavy (non-hydrogen) atoms. The summed E-state index contributed by atoms with van der Waals surface area (Å²) in [4.78, 5) is 2.01. The molecule has 1 saturated heterocycles. The van der Waals surface area contributed by atoms with Crippen molar-refractivity contribution in [1.29, 1.82) is 0 Å². The van der Waals surface area contributed by atoms with Crippen LogP contribution in [0.2, 0.25) is 0 Å². The Bertz CT molecular complexity index is 959. The third-order valence-corrected chi connectivity index (χ3v) is 7.45. The number of fused-ring (bicyclic) bond motifs is 1. The quantitative estimate of drug-likeness (QED) is 0.794. The molecule has 1 aromatic heterocycles. The number of benzene rings is 1. The average Bonchev–Trinajstić information content (AvgIpc) is 3.16. The first-order valence-corrected chi connectivity index (χ1v) is 10.7. The molecule has 0 N–H and O–H groups in total. The topological polar surface area (TPSA) is 71.3 Å². The summed E-state index contributed by atoms with van der Waals surface area (Å²) in [7, 11) is -1.81. The third-order valence-electron chi connectivity index (χ3n) is 5.54. The standard InChI is InChI=1S/C18H24FN5O2S/c1-13-5-6-14(19)16(12-13)27(25,26)23-9-7-17-20-21-18(24(17)11-10-23)15-4-3-8-22(15)2/h5-6,12,15H,3-4,7-11H2,1-2H3/t15-/m1/s1. The van der Waals surface area contributed by atoms with Crippen molar-refractivity contribution < 1.29 is 12.8 Å². The first-order chi connectivity index (χ1) is 12.9. The number of aromatic nitrogens is 3. The SMILES string of the molecule is Cc1ccc(F)c(S(=O)(=O)N2CCc3nnc([C@H]4CCCN4C)n3CC2)c1. The fraction of sp³-hybridized carbons (Fsp3) is 0.556. The second kappa shape index (κ2) is 6.96. The predicted octanol–water partition coefficient (Wildman–Crippen LogP) is 1.74. The largest absolute Gasteiger partial charge is 0.312 e. The lowest BCUT2D eigenvalue weighted by atomic mass is 10.2. The molecule has 0 amide bonds. The summed E-state index contributed by atoms with van der Waals surface area (Å²) >= 11 is 0. The first kappa shape index (κ1) is 18.5. The first-order valence-electron chi connectivity index (χ1n) is 9.26. The number of sulfonamides is 1. The molecule has 1 atom stereocenters. The van der Waals surface area contributed by atoms with Crippen LogP contribution in [-0.4, -0.2) is 59.1 Å². The molecule has 0 spiro atoms. The van der Waals surface area contributed by atoms with Gasteiger partial charge in [-0.25, -0.2) is 12.8 Å². The monoisotopic (exact) mass is 393 g/mol. The van der Waals surface area contributed by atoms with Crippen LogP contribution in [0.4, 0.5) is 4.39 Å². The van der Waals surface area contributed by atoms with Crippen LogP contribution in [0.3, 0.4) is 0 Å². The molecule has 2 aliphatic heterocycles. The second-order valence-electron chi connectivity index (χ2n) is 7.35. The Labute approximate surface area is 158 Å². The van der Waals surface area contributed by atoms with Gasteiger partial charge < -0.3 is 4.57 Å². The van der Waals surface area contributed by atoms with E-state index in [2.05, 4.69) is 26.7 Å². The van der Waals surface area contributed by atoms with Gasteiger partial charge >= 0.3 is 0 Å². The van der Waals surface area contributed by atoms with E-state index in [1.54, 1.807) is 13.0 Å². The van der Waals surface area contributed by atoms with Crippen molar-refractivity contribution in [2.24, 2.45) is 0 Å². The van der Waals surface area contributed by atoms with E-state index in [1.165, 1.54) is 16.4 Å². The van der Waals surface area contributed by atoms with Crippen molar-refractivity contribution in [1.82, 2.24) is 24.0 Å². The maximum atomic E-state index is 14.2. The maximum Gasteiger partial charge on any atom is 0.246 e. The summed E-state index contributed by atoms with van der Waals surface area (Å²) in [5, 5.41) is 8.69. The number of hydrogen-bond acceptors (Lipinski definition) is 5. The minimum absolute atomic E-state index is 0.226. The highest BCUT2D eigenvalue weighted by molar-refractivity contribution is 7.89. The number of nitrogens with zero attached hydrogens (tertiary/aromatic N) is 5. The molecule has 1 fully saturated rings. The highest BCUT2D eigenvalue weighted by Gasteiger charge is 2.33. The number of rotatable bonds is 3. The van der Waals surface area contributed by atoms with Gasteiger partial charge in [-0.05, 0) is 51.1 Å². The van der Waals surface area contributed by atoms with Crippen molar-refractivity contribution in [3.63, 3.8) is 0 Å². The highest BCUT2D eigenvalue weighted by atomic mass is 32.2. The molecule has 1 aromatic carbocycles. The van der Waals surface area contributed by atoms with Crippen molar-refractivity contribution in [2.45, 2.75) is 43.7 Å². The summed E-state index contributed by atoms with van der Waals surface area (Å²) in [6.45, 7) is 3.82. The third kappa shape index (κ3) is 3.28. The van der Waals surface area contributed by atoms with E-state index in [-0.39, 0.29) is 24.0 Å². The van der Waals surface area contributed by atoms with E-state index < -0.39 is 15.8 Å². The van der Waals surface area contributed by atoms with Crippen LogP contribution in [0.1, 0.15) is 36.1 Å². The molecule has 0 unspecified atom stereocenters. The van der Waals surface area contributed by atoms with Crippen LogP contribution in [0, 0.1) is 12.7 Å². The molecular formula is C18H24FN5O2S. The zero-order chi connectivity index (χ0) is 19.2. The van der Waals surface area contributed by atoms with Crippen molar-refractivity contribution in [3.05, 3.63) is 41.2 Å². The van der Waals surface area contributed by atoms with Gasteiger partial charge in [-0.15, -0.1) is 10.2 Å². The smallest absolute Gasteiger partial charge is 0.246 e. The summed E-state index contributed by atoms with van der Waals surface area (Å²) in [6, 6.07) is 4.41. The van der Waals surface area contributed by atoms with E-state index in [0.717, 1.165) is 31.0 Å². The van der Waals surface area contributed by atoms with Crippen molar-refractivity contribution >= 4 is 10.0 Å². The normalized spacial score (nSPS) is 22.0. The van der Waals surface area contributed by atoms with Crippen LogP contribution >= 0.6 is 0 Å². The minimum atomic E-state index is -3.89. The molecule has 146 valence electrons. The molecule has 0 radical (unpaired) electrons. The molecule has 3 heterocycles. The Morgan fingerprint density at radius 3 is 2.70 bits per heavy atom.